The van der Waals surface area contributed by atoms with Crippen LogP contribution in [0.4, 0.5) is 5.69 Å². The number of hydrogen-bond acceptors (Lipinski definition) is 8. The van der Waals surface area contributed by atoms with Gasteiger partial charge in [-0.15, -0.1) is 0 Å². The molecule has 0 radical (unpaired) electrons. The highest BCUT2D eigenvalue weighted by molar-refractivity contribution is 5.81. The summed E-state index contributed by atoms with van der Waals surface area (Å²) < 4.78 is 29.4. The van der Waals surface area contributed by atoms with Crippen molar-refractivity contribution in [3.8, 4) is 5.75 Å². The molecule has 2 aromatic carbocycles. The summed E-state index contributed by atoms with van der Waals surface area (Å²) in [6.07, 6.45) is 2.69. The van der Waals surface area contributed by atoms with Crippen molar-refractivity contribution < 1.29 is 28.5 Å². The average molecular weight is 626 g/mol. The fourth-order valence-corrected chi connectivity index (χ4v) is 6.47. The number of rotatable bonds is 17. The van der Waals surface area contributed by atoms with E-state index in [0.29, 0.717) is 33.0 Å². The highest BCUT2D eigenvalue weighted by Gasteiger charge is 2.37. The van der Waals surface area contributed by atoms with E-state index in [9.17, 15) is 4.79 Å². The maximum absolute atomic E-state index is 12.6. The first-order valence-corrected chi connectivity index (χ1v) is 16.6. The van der Waals surface area contributed by atoms with Gasteiger partial charge < -0.3 is 39.2 Å². The summed E-state index contributed by atoms with van der Waals surface area (Å²) >= 11 is 0. The van der Waals surface area contributed by atoms with Gasteiger partial charge in [-0.2, -0.15) is 0 Å². The minimum Gasteiger partial charge on any atom is -0.490 e. The molecular weight excluding hydrogens is 570 g/mol. The van der Waals surface area contributed by atoms with Gasteiger partial charge in [0.1, 0.15) is 12.4 Å². The maximum atomic E-state index is 12.6. The molecule has 4 atom stereocenters. The highest BCUT2D eigenvalue weighted by Crippen LogP contribution is 2.36. The summed E-state index contributed by atoms with van der Waals surface area (Å²) in [6, 6.07) is 15.3. The fourth-order valence-electron chi connectivity index (χ4n) is 6.47. The predicted octanol–water partition coefficient (Wildman–Crippen LogP) is 5.06. The quantitative estimate of drug-likeness (QED) is 0.236. The molecule has 1 fully saturated rings. The van der Waals surface area contributed by atoms with Crippen LogP contribution < -0.4 is 20.3 Å². The van der Waals surface area contributed by atoms with Crippen molar-refractivity contribution in [1.29, 1.82) is 0 Å². The monoisotopic (exact) mass is 625 g/mol. The Labute approximate surface area is 270 Å². The normalized spacial score (nSPS) is 20.8. The fraction of sp³-hybridized carbons (Fsp3) is 0.639. The number of ether oxygens (including phenoxy) is 5. The summed E-state index contributed by atoms with van der Waals surface area (Å²) in [6.45, 7) is 14.4. The van der Waals surface area contributed by atoms with Gasteiger partial charge in [0.2, 0.25) is 5.91 Å². The molecule has 45 heavy (non-hydrogen) atoms. The third-order valence-electron chi connectivity index (χ3n) is 8.90. The Balaban J connectivity index is 1.45. The first kappa shape index (κ1) is 35.2. The maximum Gasteiger partial charge on any atom is 0.225 e. The van der Waals surface area contributed by atoms with Gasteiger partial charge in [-0.05, 0) is 61.9 Å². The number of hydrogen-bond donors (Lipinski definition) is 2. The van der Waals surface area contributed by atoms with E-state index in [-0.39, 0.29) is 30.1 Å². The van der Waals surface area contributed by atoms with Crippen molar-refractivity contribution >= 4 is 11.6 Å². The lowest BCUT2D eigenvalue weighted by Crippen LogP contribution is -2.50. The van der Waals surface area contributed by atoms with Gasteiger partial charge in [-0.1, -0.05) is 44.2 Å². The second-order valence-corrected chi connectivity index (χ2v) is 13.0. The molecule has 2 heterocycles. The Bertz CT molecular complexity index is 1190. The minimum atomic E-state index is -0.467. The Kier molecular flexibility index (Phi) is 13.5. The molecule has 0 unspecified atom stereocenters. The number of carbonyl (C=O) groups excluding carboxylic acids is 1. The molecule has 4 rings (SSSR count). The molecule has 0 saturated carbocycles. The van der Waals surface area contributed by atoms with Gasteiger partial charge >= 0.3 is 0 Å². The Hall–Kier alpha value is -2.69. The molecule has 9 nitrogen and oxygen atoms in total. The molecule has 0 aromatic heterocycles. The van der Waals surface area contributed by atoms with Gasteiger partial charge in [0, 0.05) is 57.8 Å². The lowest BCUT2D eigenvalue weighted by molar-refractivity contribution is -0.129. The lowest BCUT2D eigenvalue weighted by atomic mass is 9.77. The van der Waals surface area contributed by atoms with Gasteiger partial charge in [0.25, 0.3) is 0 Å². The molecule has 1 amide bonds. The van der Waals surface area contributed by atoms with E-state index in [1.54, 1.807) is 14.2 Å². The third kappa shape index (κ3) is 10.1. The number of amides is 1. The number of anilines is 1. The van der Waals surface area contributed by atoms with E-state index < -0.39 is 5.41 Å². The molecule has 2 N–H and O–H groups in total. The number of fused-ring (bicyclic) bond motifs is 1. The van der Waals surface area contributed by atoms with Crippen LogP contribution in [0.3, 0.4) is 0 Å². The third-order valence-corrected chi connectivity index (χ3v) is 8.90. The van der Waals surface area contributed by atoms with Crippen LogP contribution in [0.1, 0.15) is 69.6 Å². The first-order valence-electron chi connectivity index (χ1n) is 16.6. The summed E-state index contributed by atoms with van der Waals surface area (Å²) in [5.74, 6) is 1.18. The molecule has 0 aliphatic carbocycles. The van der Waals surface area contributed by atoms with E-state index in [1.165, 1.54) is 5.56 Å². The van der Waals surface area contributed by atoms with Crippen molar-refractivity contribution in [3.63, 3.8) is 0 Å². The molecule has 250 valence electrons. The van der Waals surface area contributed by atoms with E-state index in [0.717, 1.165) is 68.1 Å². The molecule has 1 saturated heterocycles. The predicted molar refractivity (Wildman–Crippen MR) is 178 cm³/mol. The minimum absolute atomic E-state index is 0.0106. The SMILES string of the molecule is CCO[C@H](C)COCc1ccc([C@H]2C[C@H](CC(C)(C)C(=O)NC)NC[C@@H]2OCc2ccc3c(c2)N(CCCOC)CCO3)cc1. The molecular formula is C36H55N3O6. The van der Waals surface area contributed by atoms with Crippen LogP contribution in [0.5, 0.6) is 5.75 Å². The van der Waals surface area contributed by atoms with Gasteiger partial charge in [0.05, 0.1) is 44.3 Å². The molecule has 2 aliphatic heterocycles. The molecule has 2 aliphatic rings. The van der Waals surface area contributed by atoms with Crippen LogP contribution in [0, 0.1) is 5.41 Å². The summed E-state index contributed by atoms with van der Waals surface area (Å²) in [7, 11) is 3.45. The number of benzene rings is 2. The molecule has 0 spiro atoms. The number of nitrogens with one attached hydrogen (secondary N) is 2. The van der Waals surface area contributed by atoms with Crippen molar-refractivity contribution in [1.82, 2.24) is 10.6 Å². The van der Waals surface area contributed by atoms with Crippen LogP contribution in [0.2, 0.25) is 0 Å². The highest BCUT2D eigenvalue weighted by atomic mass is 16.5. The summed E-state index contributed by atoms with van der Waals surface area (Å²) in [5.41, 5.74) is 4.18. The van der Waals surface area contributed by atoms with Crippen molar-refractivity contribution in [2.75, 3.05) is 65.1 Å². The Morgan fingerprint density at radius 2 is 1.93 bits per heavy atom. The first-order chi connectivity index (χ1) is 21.7. The Morgan fingerprint density at radius 1 is 1.16 bits per heavy atom. The van der Waals surface area contributed by atoms with Crippen LogP contribution in [0.25, 0.3) is 0 Å². The van der Waals surface area contributed by atoms with Crippen molar-refractivity contribution in [2.45, 2.75) is 84.3 Å². The van der Waals surface area contributed by atoms with E-state index >= 15 is 0 Å². The zero-order chi connectivity index (χ0) is 32.2. The molecule has 9 heteroatoms. The van der Waals surface area contributed by atoms with E-state index in [4.69, 9.17) is 23.7 Å². The average Bonchev–Trinajstić information content (AvgIpc) is 3.04. The second-order valence-electron chi connectivity index (χ2n) is 13.0. The van der Waals surface area contributed by atoms with E-state index in [1.807, 2.05) is 27.7 Å². The summed E-state index contributed by atoms with van der Waals surface area (Å²) in [4.78, 5) is 15.0. The van der Waals surface area contributed by atoms with Crippen LogP contribution in [0.15, 0.2) is 42.5 Å². The Morgan fingerprint density at radius 3 is 2.67 bits per heavy atom. The van der Waals surface area contributed by atoms with Crippen LogP contribution >= 0.6 is 0 Å². The largest absolute Gasteiger partial charge is 0.490 e. The molecule has 2 aromatic rings. The van der Waals surface area contributed by atoms with Gasteiger partial charge in [-0.25, -0.2) is 0 Å². The van der Waals surface area contributed by atoms with Gasteiger partial charge in [-0.3, -0.25) is 4.79 Å². The summed E-state index contributed by atoms with van der Waals surface area (Å²) in [5, 5.41) is 6.54. The van der Waals surface area contributed by atoms with Crippen molar-refractivity contribution in [2.24, 2.45) is 5.41 Å². The van der Waals surface area contributed by atoms with Crippen LogP contribution in [-0.2, 0) is 37.0 Å². The smallest absolute Gasteiger partial charge is 0.225 e. The zero-order valence-electron chi connectivity index (χ0n) is 28.2. The van der Waals surface area contributed by atoms with E-state index in [2.05, 4.69) is 58.0 Å². The standard InChI is InChI=1S/C36H55N3O6/c1-7-43-26(2)23-42-24-27-9-12-29(13-10-27)31-20-30(21-36(3,4)35(40)37-5)38-22-34(31)45-25-28-11-14-33-32(19-28)39(16-18-44-33)15-8-17-41-6/h9-14,19,26,30-31,34,38H,7-8,15-18,20-25H2,1-6H3,(H,37,40)/t26-,30-,31-,34+/m1/s1. The van der Waals surface area contributed by atoms with Gasteiger partial charge in [0.15, 0.2) is 0 Å². The number of carbonyl (C=O) groups is 1. The topological polar surface area (TPSA) is 90.5 Å². The number of methoxy groups -OCH3 is 1. The number of nitrogens with zero attached hydrogens (tertiary/aromatic N) is 1. The lowest BCUT2D eigenvalue weighted by Gasteiger charge is -2.40. The zero-order valence-corrected chi connectivity index (χ0v) is 28.2. The van der Waals surface area contributed by atoms with Crippen molar-refractivity contribution in [3.05, 3.63) is 59.2 Å². The molecule has 0 bridgehead atoms. The van der Waals surface area contributed by atoms with Crippen LogP contribution in [-0.4, -0.2) is 84.4 Å². The second kappa shape index (κ2) is 17.3. The number of piperidine rings is 1.